The van der Waals surface area contributed by atoms with E-state index in [-0.39, 0.29) is 24.0 Å². The highest BCUT2D eigenvalue weighted by Gasteiger charge is 2.26. The Hall–Kier alpha value is -3.28. The minimum absolute atomic E-state index is 0.204. The third kappa shape index (κ3) is 6.65. The van der Waals surface area contributed by atoms with Gasteiger partial charge in [0.05, 0.1) is 46.0 Å². The van der Waals surface area contributed by atoms with E-state index >= 15 is 0 Å². The fraction of sp³-hybridized carbons (Fsp3) is 0.375. The molecule has 0 spiro atoms. The van der Waals surface area contributed by atoms with Crippen molar-refractivity contribution in [3.05, 3.63) is 48.0 Å². The number of sulfonamides is 1. The maximum Gasteiger partial charge on any atom is 0.244 e. The summed E-state index contributed by atoms with van der Waals surface area (Å²) < 4.78 is 53.5. The van der Waals surface area contributed by atoms with E-state index in [2.05, 4.69) is 5.32 Å². The van der Waals surface area contributed by atoms with Crippen LogP contribution in [0.4, 0.5) is 0 Å². The molecule has 0 atom stereocenters. The van der Waals surface area contributed by atoms with Crippen molar-refractivity contribution < 1.29 is 36.9 Å². The van der Waals surface area contributed by atoms with Gasteiger partial charge in [-0.25, -0.2) is 8.42 Å². The van der Waals surface area contributed by atoms with Crippen molar-refractivity contribution in [3.63, 3.8) is 0 Å². The van der Waals surface area contributed by atoms with E-state index < -0.39 is 10.0 Å². The highest BCUT2D eigenvalue weighted by atomic mass is 32.2. The molecule has 1 saturated heterocycles. The molecule has 2 aromatic carbocycles. The van der Waals surface area contributed by atoms with Crippen LogP contribution in [0.5, 0.6) is 23.0 Å². The van der Waals surface area contributed by atoms with Gasteiger partial charge in [0.15, 0.2) is 11.5 Å². The average molecular weight is 507 g/mol. The summed E-state index contributed by atoms with van der Waals surface area (Å²) in [5.74, 6) is 1.62. The van der Waals surface area contributed by atoms with Gasteiger partial charge >= 0.3 is 0 Å². The van der Waals surface area contributed by atoms with Gasteiger partial charge in [0.25, 0.3) is 0 Å². The number of nitrogens with zero attached hydrogens (tertiary/aromatic N) is 1. The van der Waals surface area contributed by atoms with Crippen LogP contribution in [-0.2, 0) is 19.6 Å². The van der Waals surface area contributed by atoms with Crippen molar-refractivity contribution in [2.75, 3.05) is 60.8 Å². The summed E-state index contributed by atoms with van der Waals surface area (Å²) in [4.78, 5) is 12.4. The Morgan fingerprint density at radius 3 is 2.31 bits per heavy atom. The number of hydrogen-bond donors (Lipinski definition) is 1. The number of carbonyl (C=O) groups excluding carboxylic acids is 1. The highest BCUT2D eigenvalue weighted by Crippen LogP contribution is 2.40. The lowest BCUT2D eigenvalue weighted by Gasteiger charge is -2.26. The molecule has 0 aromatic heterocycles. The van der Waals surface area contributed by atoms with Crippen LogP contribution < -0.4 is 24.3 Å². The maximum absolute atomic E-state index is 12.7. The molecule has 190 valence electrons. The summed E-state index contributed by atoms with van der Waals surface area (Å²) in [6, 6.07) is 9.70. The predicted molar refractivity (Wildman–Crippen MR) is 130 cm³/mol. The van der Waals surface area contributed by atoms with Gasteiger partial charge in [0, 0.05) is 24.7 Å². The predicted octanol–water partition coefficient (Wildman–Crippen LogP) is 1.94. The lowest BCUT2D eigenvalue weighted by Crippen LogP contribution is -2.40. The number of benzene rings is 2. The molecule has 1 heterocycles. The van der Waals surface area contributed by atoms with Gasteiger partial charge < -0.3 is 29.0 Å². The lowest BCUT2D eigenvalue weighted by atomic mass is 10.1. The second kappa shape index (κ2) is 12.4. The first-order valence-electron chi connectivity index (χ1n) is 11.0. The van der Waals surface area contributed by atoms with Crippen molar-refractivity contribution in [1.82, 2.24) is 9.62 Å². The van der Waals surface area contributed by atoms with E-state index in [9.17, 15) is 13.2 Å². The van der Waals surface area contributed by atoms with Crippen LogP contribution in [0.2, 0.25) is 0 Å². The van der Waals surface area contributed by atoms with Gasteiger partial charge in [-0.15, -0.1) is 0 Å². The first-order valence-corrected chi connectivity index (χ1v) is 12.4. The summed E-state index contributed by atoms with van der Waals surface area (Å²) in [5.41, 5.74) is 0.656. The quantitative estimate of drug-likeness (QED) is 0.364. The Labute approximate surface area is 205 Å². The summed E-state index contributed by atoms with van der Waals surface area (Å²) in [7, 11) is 1.00. The van der Waals surface area contributed by atoms with E-state index in [1.807, 2.05) is 0 Å². The Kier molecular flexibility index (Phi) is 9.35. The van der Waals surface area contributed by atoms with Gasteiger partial charge in [-0.05, 0) is 42.5 Å². The third-order valence-electron chi connectivity index (χ3n) is 5.25. The van der Waals surface area contributed by atoms with Gasteiger partial charge in [0.1, 0.15) is 12.4 Å². The van der Waals surface area contributed by atoms with Crippen molar-refractivity contribution in [1.29, 1.82) is 0 Å². The number of morpholine rings is 1. The minimum Gasteiger partial charge on any atom is -0.493 e. The van der Waals surface area contributed by atoms with E-state index in [0.717, 1.165) is 0 Å². The van der Waals surface area contributed by atoms with E-state index in [1.54, 1.807) is 30.3 Å². The molecule has 1 aliphatic heterocycles. The molecule has 0 unspecified atom stereocenters. The maximum atomic E-state index is 12.7. The highest BCUT2D eigenvalue weighted by molar-refractivity contribution is 7.89. The SMILES string of the molecule is COc1ccc(/C=C/C(=O)NCCOc2ccc(S(=O)(=O)N3CCOCC3)cc2)c(OC)c1OC. The first kappa shape index (κ1) is 26.3. The number of nitrogens with one attached hydrogen (secondary N) is 1. The van der Waals surface area contributed by atoms with Gasteiger partial charge in [0.2, 0.25) is 21.7 Å². The van der Waals surface area contributed by atoms with Crippen LogP contribution in [0.3, 0.4) is 0 Å². The molecule has 35 heavy (non-hydrogen) atoms. The molecular weight excluding hydrogens is 476 g/mol. The normalized spacial score (nSPS) is 14.5. The topological polar surface area (TPSA) is 113 Å². The second-order valence-electron chi connectivity index (χ2n) is 7.38. The summed E-state index contributed by atoms with van der Waals surface area (Å²) in [6.45, 7) is 1.95. The van der Waals surface area contributed by atoms with Gasteiger partial charge in [-0.2, -0.15) is 4.31 Å². The molecule has 0 saturated carbocycles. The molecule has 1 aliphatic rings. The lowest BCUT2D eigenvalue weighted by molar-refractivity contribution is -0.116. The zero-order chi connectivity index (χ0) is 25.3. The van der Waals surface area contributed by atoms with Crippen molar-refractivity contribution in [2.24, 2.45) is 0 Å². The standard InChI is InChI=1S/C24H30N2O8S/c1-30-21-10-4-18(23(31-2)24(21)32-3)5-11-22(27)25-12-15-34-19-6-8-20(9-7-19)35(28,29)26-13-16-33-17-14-26/h4-11H,12-17H2,1-3H3,(H,25,27)/b11-5+. The smallest absolute Gasteiger partial charge is 0.244 e. The fourth-order valence-corrected chi connectivity index (χ4v) is 4.87. The number of amides is 1. The van der Waals surface area contributed by atoms with Gasteiger partial charge in [-0.3, -0.25) is 4.79 Å². The van der Waals surface area contributed by atoms with Crippen molar-refractivity contribution >= 4 is 22.0 Å². The molecule has 3 rings (SSSR count). The zero-order valence-electron chi connectivity index (χ0n) is 20.0. The van der Waals surface area contributed by atoms with E-state index in [0.29, 0.717) is 54.9 Å². The van der Waals surface area contributed by atoms with E-state index in [4.69, 9.17) is 23.7 Å². The Morgan fingerprint density at radius 1 is 1.00 bits per heavy atom. The first-order chi connectivity index (χ1) is 16.9. The van der Waals surface area contributed by atoms with Crippen LogP contribution in [0.15, 0.2) is 47.4 Å². The number of carbonyl (C=O) groups is 1. The minimum atomic E-state index is -3.55. The molecule has 1 amide bonds. The Balaban J connectivity index is 1.49. The number of methoxy groups -OCH3 is 3. The second-order valence-corrected chi connectivity index (χ2v) is 9.32. The number of ether oxygens (including phenoxy) is 5. The average Bonchev–Trinajstić information content (AvgIpc) is 2.89. The molecule has 1 fully saturated rings. The van der Waals surface area contributed by atoms with Crippen LogP contribution in [0.1, 0.15) is 5.56 Å². The summed E-state index contributed by atoms with van der Waals surface area (Å²) in [6.07, 6.45) is 3.00. The van der Waals surface area contributed by atoms with Crippen LogP contribution >= 0.6 is 0 Å². The summed E-state index contributed by atoms with van der Waals surface area (Å²) >= 11 is 0. The molecule has 2 aromatic rings. The summed E-state index contributed by atoms with van der Waals surface area (Å²) in [5, 5.41) is 2.73. The molecule has 11 heteroatoms. The monoisotopic (exact) mass is 506 g/mol. The van der Waals surface area contributed by atoms with E-state index in [1.165, 1.54) is 43.8 Å². The molecule has 10 nitrogen and oxygen atoms in total. The molecule has 0 aliphatic carbocycles. The van der Waals surface area contributed by atoms with Gasteiger partial charge in [-0.1, -0.05) is 0 Å². The Morgan fingerprint density at radius 2 is 1.69 bits per heavy atom. The largest absolute Gasteiger partial charge is 0.493 e. The Bertz CT molecular complexity index is 1130. The van der Waals surface area contributed by atoms with Crippen molar-refractivity contribution in [2.45, 2.75) is 4.90 Å². The van der Waals surface area contributed by atoms with Crippen LogP contribution in [0.25, 0.3) is 6.08 Å². The molecule has 0 radical (unpaired) electrons. The van der Waals surface area contributed by atoms with Crippen LogP contribution in [-0.4, -0.2) is 79.4 Å². The fourth-order valence-electron chi connectivity index (χ4n) is 3.47. The van der Waals surface area contributed by atoms with Crippen LogP contribution in [0, 0.1) is 0 Å². The number of rotatable bonds is 11. The molecule has 1 N–H and O–H groups in total. The molecule has 0 bridgehead atoms. The third-order valence-corrected chi connectivity index (χ3v) is 7.16. The zero-order valence-corrected chi connectivity index (χ0v) is 20.8. The molecular formula is C24H30N2O8S. The number of hydrogen-bond acceptors (Lipinski definition) is 8. The van der Waals surface area contributed by atoms with Crippen molar-refractivity contribution in [3.8, 4) is 23.0 Å².